The molecule has 0 saturated heterocycles. The van der Waals surface area contributed by atoms with Crippen molar-refractivity contribution in [3.05, 3.63) is 53.7 Å². The van der Waals surface area contributed by atoms with Crippen molar-refractivity contribution in [2.75, 3.05) is 17.2 Å². The van der Waals surface area contributed by atoms with Gasteiger partial charge in [0.15, 0.2) is 5.82 Å². The van der Waals surface area contributed by atoms with Gasteiger partial charge in [-0.25, -0.2) is 4.98 Å². The number of nitrogens with zero attached hydrogens (tertiary/aromatic N) is 5. The number of rotatable bonds is 7. The van der Waals surface area contributed by atoms with E-state index in [0.29, 0.717) is 16.8 Å². The average Bonchev–Trinajstić information content (AvgIpc) is 3.11. The minimum atomic E-state index is -0.382. The van der Waals surface area contributed by atoms with Crippen LogP contribution in [0.15, 0.2) is 43.1 Å². The van der Waals surface area contributed by atoms with Crippen LogP contribution in [0.5, 0.6) is 0 Å². The van der Waals surface area contributed by atoms with Gasteiger partial charge in [-0.05, 0) is 25.5 Å². The van der Waals surface area contributed by atoms with Gasteiger partial charge in [0.05, 0.1) is 30.7 Å². The zero-order chi connectivity index (χ0) is 18.5. The Morgan fingerprint density at radius 3 is 2.77 bits per heavy atom. The van der Waals surface area contributed by atoms with Crippen LogP contribution < -0.4 is 10.6 Å². The van der Waals surface area contributed by atoms with Crippen LogP contribution in [0.3, 0.4) is 0 Å². The lowest BCUT2D eigenvalue weighted by atomic mass is 10.1. The Balaban J connectivity index is 1.78. The summed E-state index contributed by atoms with van der Waals surface area (Å²) in [5, 5.41) is 20.5. The van der Waals surface area contributed by atoms with Crippen molar-refractivity contribution in [3.63, 3.8) is 0 Å². The molecule has 0 aliphatic heterocycles. The Morgan fingerprint density at radius 2 is 2.12 bits per heavy atom. The zero-order valence-corrected chi connectivity index (χ0v) is 15.2. The van der Waals surface area contributed by atoms with Gasteiger partial charge in [0.1, 0.15) is 5.02 Å². The molecule has 8 nitrogen and oxygen atoms in total. The molecule has 3 heterocycles. The van der Waals surface area contributed by atoms with Crippen molar-refractivity contribution in [1.29, 1.82) is 0 Å². The lowest BCUT2D eigenvalue weighted by Gasteiger charge is -2.18. The molecule has 3 N–H and O–H groups in total. The highest BCUT2D eigenvalue weighted by molar-refractivity contribution is 6.32. The van der Waals surface area contributed by atoms with Crippen molar-refractivity contribution >= 4 is 29.1 Å². The molecule has 3 rings (SSSR count). The molecule has 136 valence electrons. The summed E-state index contributed by atoms with van der Waals surface area (Å²) < 4.78 is 1.83. The van der Waals surface area contributed by atoms with E-state index >= 15 is 0 Å². The number of aliphatic hydroxyl groups is 1. The number of hydrogen-bond donors (Lipinski definition) is 3. The number of pyridine rings is 1. The first-order chi connectivity index (χ1) is 12.6. The second kappa shape index (κ2) is 8.11. The van der Waals surface area contributed by atoms with Crippen LogP contribution in [0.1, 0.15) is 31.5 Å². The zero-order valence-electron chi connectivity index (χ0n) is 14.5. The van der Waals surface area contributed by atoms with Crippen LogP contribution in [-0.4, -0.2) is 36.4 Å². The number of hydrogen-bond acceptors (Lipinski definition) is 7. The third kappa shape index (κ3) is 4.27. The third-order valence-electron chi connectivity index (χ3n) is 3.71. The van der Waals surface area contributed by atoms with Gasteiger partial charge in [0.25, 0.3) is 0 Å². The van der Waals surface area contributed by atoms with Gasteiger partial charge in [-0.3, -0.25) is 9.67 Å². The van der Waals surface area contributed by atoms with E-state index in [-0.39, 0.29) is 18.7 Å². The maximum atomic E-state index is 9.69. The van der Waals surface area contributed by atoms with Crippen molar-refractivity contribution in [2.24, 2.45) is 0 Å². The summed E-state index contributed by atoms with van der Waals surface area (Å²) in [6, 6.07) is 3.56. The highest BCUT2D eigenvalue weighted by Crippen LogP contribution is 2.25. The SMILES string of the molecule is CC(C)n1cc(Nc2ncc(Cl)c(NC(CO)c3cccnc3)n2)cn1. The molecule has 0 aliphatic carbocycles. The number of halogens is 1. The van der Waals surface area contributed by atoms with Crippen LogP contribution in [0.25, 0.3) is 0 Å². The Hall–Kier alpha value is -2.71. The maximum absolute atomic E-state index is 9.69. The van der Waals surface area contributed by atoms with E-state index in [1.54, 1.807) is 24.7 Å². The molecule has 1 unspecified atom stereocenters. The minimum Gasteiger partial charge on any atom is -0.394 e. The molecule has 0 radical (unpaired) electrons. The van der Waals surface area contributed by atoms with Crippen molar-refractivity contribution < 1.29 is 5.11 Å². The molecule has 0 fully saturated rings. The lowest BCUT2D eigenvalue weighted by molar-refractivity contribution is 0.276. The first-order valence-electron chi connectivity index (χ1n) is 8.18. The molecule has 9 heteroatoms. The summed E-state index contributed by atoms with van der Waals surface area (Å²) in [7, 11) is 0. The summed E-state index contributed by atoms with van der Waals surface area (Å²) in [6.07, 6.45) is 8.44. The molecule has 0 bridgehead atoms. The molecule has 0 aromatic carbocycles. The van der Waals surface area contributed by atoms with Crippen LogP contribution in [0.4, 0.5) is 17.5 Å². The van der Waals surface area contributed by atoms with Crippen LogP contribution in [0, 0.1) is 0 Å². The molecule has 3 aromatic heterocycles. The highest BCUT2D eigenvalue weighted by Gasteiger charge is 2.14. The molecule has 0 spiro atoms. The van der Waals surface area contributed by atoms with Gasteiger partial charge in [-0.2, -0.15) is 10.1 Å². The highest BCUT2D eigenvalue weighted by atomic mass is 35.5. The predicted molar refractivity (Wildman–Crippen MR) is 101 cm³/mol. The molecule has 1 atom stereocenters. The predicted octanol–water partition coefficient (Wildman–Crippen LogP) is 3.19. The van der Waals surface area contributed by atoms with Gasteiger partial charge >= 0.3 is 0 Å². The van der Waals surface area contributed by atoms with Gasteiger partial charge in [-0.1, -0.05) is 17.7 Å². The van der Waals surface area contributed by atoms with E-state index in [1.807, 2.05) is 30.8 Å². The van der Waals surface area contributed by atoms with E-state index in [4.69, 9.17) is 11.6 Å². The fraction of sp³-hybridized carbons (Fsp3) is 0.294. The van der Waals surface area contributed by atoms with Gasteiger partial charge < -0.3 is 15.7 Å². The Morgan fingerprint density at radius 1 is 1.27 bits per heavy atom. The lowest BCUT2D eigenvalue weighted by Crippen LogP contribution is -2.16. The number of aliphatic hydroxyl groups excluding tert-OH is 1. The van der Waals surface area contributed by atoms with Gasteiger partial charge in [-0.15, -0.1) is 0 Å². The molecular weight excluding hydrogens is 354 g/mol. The molecule has 0 saturated carbocycles. The van der Waals surface area contributed by atoms with Crippen LogP contribution in [0.2, 0.25) is 5.02 Å². The third-order valence-corrected chi connectivity index (χ3v) is 3.99. The summed E-state index contributed by atoms with van der Waals surface area (Å²) in [5.74, 6) is 0.798. The van der Waals surface area contributed by atoms with Gasteiger partial charge in [0, 0.05) is 24.6 Å². The maximum Gasteiger partial charge on any atom is 0.229 e. The fourth-order valence-electron chi connectivity index (χ4n) is 2.32. The van der Waals surface area contributed by atoms with E-state index in [0.717, 1.165) is 11.3 Å². The number of anilines is 3. The second-order valence-electron chi connectivity index (χ2n) is 5.98. The largest absolute Gasteiger partial charge is 0.394 e. The van der Waals surface area contributed by atoms with E-state index in [9.17, 15) is 5.11 Å². The molecule has 3 aromatic rings. The molecule has 0 aliphatic rings. The van der Waals surface area contributed by atoms with E-state index < -0.39 is 0 Å². The molecular formula is C17H20ClN7O. The van der Waals surface area contributed by atoms with E-state index in [1.165, 1.54) is 6.20 Å². The van der Waals surface area contributed by atoms with Crippen LogP contribution in [-0.2, 0) is 0 Å². The van der Waals surface area contributed by atoms with Crippen molar-refractivity contribution in [1.82, 2.24) is 24.7 Å². The summed E-state index contributed by atoms with van der Waals surface area (Å²) in [6.45, 7) is 3.96. The molecule has 0 amide bonds. The monoisotopic (exact) mass is 373 g/mol. The van der Waals surface area contributed by atoms with Crippen LogP contribution >= 0.6 is 11.6 Å². The van der Waals surface area contributed by atoms with E-state index in [2.05, 4.69) is 30.7 Å². The Bertz CT molecular complexity index is 853. The molecule has 26 heavy (non-hydrogen) atoms. The number of aromatic nitrogens is 5. The van der Waals surface area contributed by atoms with Crippen molar-refractivity contribution in [3.8, 4) is 0 Å². The Labute approximate surface area is 156 Å². The quantitative estimate of drug-likeness (QED) is 0.584. The normalized spacial score (nSPS) is 12.2. The van der Waals surface area contributed by atoms with Gasteiger partial charge in [0.2, 0.25) is 5.95 Å². The Kier molecular flexibility index (Phi) is 5.65. The van der Waals surface area contributed by atoms with Crippen molar-refractivity contribution in [2.45, 2.75) is 25.9 Å². The first-order valence-corrected chi connectivity index (χ1v) is 8.55. The summed E-state index contributed by atoms with van der Waals surface area (Å²) in [4.78, 5) is 12.7. The summed E-state index contributed by atoms with van der Waals surface area (Å²) >= 11 is 6.20. The standard InChI is InChI=1S/C17H20ClN7O/c1-11(2)25-9-13(7-21-25)22-17-20-8-14(18)16(24-17)23-15(10-26)12-4-3-5-19-6-12/h3-9,11,15,26H,10H2,1-2H3,(H2,20,22,23,24). The summed E-state index contributed by atoms with van der Waals surface area (Å²) in [5.41, 5.74) is 1.61. The first kappa shape index (κ1) is 18.1. The topological polar surface area (TPSA) is 101 Å². The second-order valence-corrected chi connectivity index (χ2v) is 6.39. The minimum absolute atomic E-state index is 0.129. The smallest absolute Gasteiger partial charge is 0.229 e. The average molecular weight is 374 g/mol. The fourth-order valence-corrected chi connectivity index (χ4v) is 2.47. The number of nitrogens with one attached hydrogen (secondary N) is 2.